The lowest BCUT2D eigenvalue weighted by atomic mass is 10.2. The average Bonchev–Trinajstić information content (AvgIpc) is 3.08. The van der Waals surface area contributed by atoms with E-state index in [0.29, 0.717) is 0 Å². The molecular weight excluding hydrogens is 308 g/mol. The summed E-state index contributed by atoms with van der Waals surface area (Å²) in [4.78, 5) is 4.29. The van der Waals surface area contributed by atoms with Gasteiger partial charge in [0.1, 0.15) is 5.82 Å². The molecule has 0 saturated heterocycles. The maximum atomic E-state index is 4.00. The summed E-state index contributed by atoms with van der Waals surface area (Å²) >= 11 is 0. The molecule has 124 valence electrons. The fourth-order valence-corrected chi connectivity index (χ4v) is 3.55. The Morgan fingerprint density at radius 1 is 0.920 bits per heavy atom. The van der Waals surface area contributed by atoms with Crippen molar-refractivity contribution in [3.8, 4) is 0 Å². The number of hydrogen-bond acceptors (Lipinski definition) is 2. The summed E-state index contributed by atoms with van der Waals surface area (Å²) in [6.07, 6.45) is 5.88. The number of imidazole rings is 1. The van der Waals surface area contributed by atoms with E-state index < -0.39 is 0 Å². The zero-order valence-electron chi connectivity index (χ0n) is 14.6. The van der Waals surface area contributed by atoms with Crippen LogP contribution in [-0.4, -0.2) is 11.6 Å². The minimum Gasteiger partial charge on any atom is -0.329 e. The molecule has 1 aromatic heterocycles. The van der Waals surface area contributed by atoms with Gasteiger partial charge >= 0.3 is 0 Å². The second-order valence-corrected chi connectivity index (χ2v) is 6.06. The number of aromatic nitrogens is 2. The first-order valence-corrected chi connectivity index (χ1v) is 8.25. The third kappa shape index (κ3) is 2.11. The van der Waals surface area contributed by atoms with E-state index in [2.05, 4.69) is 88.7 Å². The number of nitrogens with zero attached hydrogens (tertiary/aromatic N) is 4. The average molecular weight is 329 g/mol. The van der Waals surface area contributed by atoms with Crippen LogP contribution in [0.3, 0.4) is 0 Å². The minimum absolute atomic E-state index is 1.05. The highest BCUT2D eigenvalue weighted by Gasteiger charge is 2.29. The predicted molar refractivity (Wildman–Crippen MR) is 105 cm³/mol. The lowest BCUT2D eigenvalue weighted by molar-refractivity contribution is -0.647. The summed E-state index contributed by atoms with van der Waals surface area (Å²) in [5, 5.41) is 0. The zero-order chi connectivity index (χ0) is 17.6. The Morgan fingerprint density at radius 2 is 1.60 bits per heavy atom. The molecule has 1 aliphatic rings. The summed E-state index contributed by atoms with van der Waals surface area (Å²) in [5.41, 5.74) is 4.60. The number of fused-ring (bicyclic) bond motifs is 2. The molecule has 2 heterocycles. The van der Waals surface area contributed by atoms with Crippen LogP contribution in [0.4, 0.5) is 11.4 Å². The summed E-state index contributed by atoms with van der Waals surface area (Å²) in [6, 6.07) is 16.7. The summed E-state index contributed by atoms with van der Waals surface area (Å²) in [6.45, 7) is 8.00. The molecule has 0 bridgehead atoms. The fraction of sp³-hybridized carbons (Fsp3) is 0.0952. The zero-order valence-corrected chi connectivity index (χ0v) is 14.6. The van der Waals surface area contributed by atoms with E-state index in [0.717, 1.165) is 34.1 Å². The van der Waals surface area contributed by atoms with E-state index in [1.54, 1.807) is 0 Å². The predicted octanol–water partition coefficient (Wildman–Crippen LogP) is 3.96. The van der Waals surface area contributed by atoms with Crippen molar-refractivity contribution >= 4 is 34.7 Å². The highest BCUT2D eigenvalue weighted by molar-refractivity contribution is 5.86. The van der Waals surface area contributed by atoms with Crippen molar-refractivity contribution in [1.29, 1.82) is 0 Å². The number of aryl methyl sites for hydroxylation is 1. The molecule has 4 nitrogen and oxygen atoms in total. The Labute approximate surface area is 147 Å². The van der Waals surface area contributed by atoms with Gasteiger partial charge in [-0.1, -0.05) is 37.4 Å². The molecule has 4 heteroatoms. The van der Waals surface area contributed by atoms with Crippen LogP contribution in [0.15, 0.2) is 73.7 Å². The smallest absolute Gasteiger partial charge is 0.290 e. The molecule has 0 spiro atoms. The topological polar surface area (TPSA) is 15.3 Å². The van der Waals surface area contributed by atoms with Crippen LogP contribution < -0.4 is 14.4 Å². The van der Waals surface area contributed by atoms with E-state index in [1.807, 2.05) is 24.5 Å². The van der Waals surface area contributed by atoms with Crippen LogP contribution in [0.5, 0.6) is 0 Å². The molecule has 0 saturated carbocycles. The first kappa shape index (κ1) is 15.3. The molecule has 2 aromatic carbocycles. The number of rotatable bonds is 3. The Kier molecular flexibility index (Phi) is 3.46. The monoisotopic (exact) mass is 329 g/mol. The Hall–Kier alpha value is -3.27. The maximum absolute atomic E-state index is 4.00. The van der Waals surface area contributed by atoms with Crippen LogP contribution in [0.25, 0.3) is 23.3 Å². The van der Waals surface area contributed by atoms with Crippen molar-refractivity contribution in [3.63, 3.8) is 0 Å². The molecule has 0 atom stereocenters. The van der Waals surface area contributed by atoms with Crippen molar-refractivity contribution in [2.75, 3.05) is 16.8 Å². The molecule has 0 unspecified atom stereocenters. The van der Waals surface area contributed by atoms with Crippen molar-refractivity contribution < 1.29 is 4.57 Å². The Morgan fingerprint density at radius 3 is 2.32 bits per heavy atom. The van der Waals surface area contributed by atoms with Gasteiger partial charge in [-0.3, -0.25) is 0 Å². The first-order valence-electron chi connectivity index (χ1n) is 8.25. The largest absolute Gasteiger partial charge is 0.329 e. The van der Waals surface area contributed by atoms with Crippen LogP contribution in [0.1, 0.15) is 5.82 Å². The molecule has 25 heavy (non-hydrogen) atoms. The van der Waals surface area contributed by atoms with E-state index in [4.69, 9.17) is 0 Å². The first-order chi connectivity index (χ1) is 12.2. The van der Waals surface area contributed by atoms with Crippen molar-refractivity contribution in [1.82, 2.24) is 4.57 Å². The normalized spacial score (nSPS) is 15.0. The lowest BCUT2D eigenvalue weighted by Gasteiger charge is -2.18. The molecule has 4 rings (SSSR count). The van der Waals surface area contributed by atoms with Gasteiger partial charge in [-0.2, -0.15) is 4.57 Å². The van der Waals surface area contributed by atoms with E-state index in [-0.39, 0.29) is 0 Å². The van der Waals surface area contributed by atoms with Gasteiger partial charge in [-0.05, 0) is 24.3 Å². The quantitative estimate of drug-likeness (QED) is 0.676. The highest BCUT2D eigenvalue weighted by atomic mass is 15.4. The van der Waals surface area contributed by atoms with Crippen LogP contribution in [-0.2, 0) is 7.05 Å². The standard InChI is InChI=1S/C21H21N4/c1-5-24-18-13-9-7-11-16(18)22(3)20(24)15-21-23(4)17-12-8-10-14-19(17)25(21)6-2/h5-15H,1-2H2,3-4H3/q+1. The summed E-state index contributed by atoms with van der Waals surface area (Å²) in [5.74, 6) is 2.11. The molecule has 0 radical (unpaired) electrons. The van der Waals surface area contributed by atoms with Gasteiger partial charge in [0.15, 0.2) is 11.0 Å². The number of anilines is 2. The van der Waals surface area contributed by atoms with E-state index >= 15 is 0 Å². The van der Waals surface area contributed by atoms with E-state index in [1.165, 1.54) is 0 Å². The van der Waals surface area contributed by atoms with Gasteiger partial charge in [0, 0.05) is 13.2 Å². The summed E-state index contributed by atoms with van der Waals surface area (Å²) in [7, 11) is 4.16. The fourth-order valence-electron chi connectivity index (χ4n) is 3.55. The lowest BCUT2D eigenvalue weighted by Crippen LogP contribution is -2.32. The summed E-state index contributed by atoms with van der Waals surface area (Å²) < 4.78 is 4.29. The third-order valence-corrected chi connectivity index (χ3v) is 4.81. The molecule has 0 aliphatic carbocycles. The van der Waals surface area contributed by atoms with E-state index in [9.17, 15) is 0 Å². The number of benzene rings is 2. The van der Waals surface area contributed by atoms with Gasteiger partial charge in [0.2, 0.25) is 0 Å². The molecule has 0 N–H and O–H groups in total. The van der Waals surface area contributed by atoms with Gasteiger partial charge < -0.3 is 9.80 Å². The van der Waals surface area contributed by atoms with Crippen LogP contribution in [0, 0.1) is 0 Å². The second kappa shape index (κ2) is 5.67. The molecule has 3 aromatic rings. The van der Waals surface area contributed by atoms with Crippen molar-refractivity contribution in [2.45, 2.75) is 0 Å². The maximum Gasteiger partial charge on any atom is 0.290 e. The molecule has 0 amide bonds. The van der Waals surface area contributed by atoms with Gasteiger partial charge in [-0.15, -0.1) is 0 Å². The minimum atomic E-state index is 1.05. The van der Waals surface area contributed by atoms with Crippen LogP contribution in [0.2, 0.25) is 0 Å². The Bertz CT molecular complexity index is 1030. The number of hydrogen-bond donors (Lipinski definition) is 0. The molecule has 1 aliphatic heterocycles. The Balaban J connectivity index is 1.95. The molecule has 0 fully saturated rings. The van der Waals surface area contributed by atoms with Crippen molar-refractivity contribution in [3.05, 3.63) is 79.5 Å². The molecular formula is C21H21N4+. The third-order valence-electron chi connectivity index (χ3n) is 4.81. The SMILES string of the molecule is C=CN1/C(=C/c2n(C=C)c3ccccc3[n+]2C)N(C)c2ccccc21. The highest BCUT2D eigenvalue weighted by Crippen LogP contribution is 2.41. The van der Waals surface area contributed by atoms with Gasteiger partial charge in [-0.25, -0.2) is 4.57 Å². The number of para-hydroxylation sites is 4. The second-order valence-electron chi connectivity index (χ2n) is 6.06. The van der Waals surface area contributed by atoms with Gasteiger partial charge in [0.05, 0.1) is 30.7 Å². The van der Waals surface area contributed by atoms with Crippen LogP contribution >= 0.6 is 0 Å². The van der Waals surface area contributed by atoms with Gasteiger partial charge in [0.25, 0.3) is 5.82 Å². The van der Waals surface area contributed by atoms with Crippen molar-refractivity contribution in [2.24, 2.45) is 7.05 Å².